The van der Waals surface area contributed by atoms with Crippen LogP contribution in [0.1, 0.15) is 69.4 Å². The van der Waals surface area contributed by atoms with Gasteiger partial charge in [0, 0.05) is 27.1 Å². The minimum atomic E-state index is -0.0188. The molecule has 0 atom stereocenters. The number of para-hydroxylation sites is 2. The zero-order valence-corrected chi connectivity index (χ0v) is 30.3. The number of hydrogen-bond donors (Lipinski definition) is 0. The SMILES string of the molecule is Cc1cc(C#N)cc(-c2c(-n3c4ccccc4c4cc(C(C)(C)C)ccc43)cc(C#N)cc2-n2c3ccccc3c3cc(C(C)(C)C)ccc32)c1. The van der Waals surface area contributed by atoms with Crippen molar-refractivity contribution in [2.24, 2.45) is 0 Å². The maximum atomic E-state index is 10.7. The van der Waals surface area contributed by atoms with Crippen LogP contribution in [-0.4, -0.2) is 9.13 Å². The largest absolute Gasteiger partial charge is 0.308 e. The summed E-state index contributed by atoms with van der Waals surface area (Å²) < 4.78 is 4.63. The molecule has 51 heavy (non-hydrogen) atoms. The van der Waals surface area contributed by atoms with E-state index in [2.05, 4.69) is 154 Å². The van der Waals surface area contributed by atoms with Gasteiger partial charge in [0.25, 0.3) is 0 Å². The molecule has 8 aromatic rings. The van der Waals surface area contributed by atoms with E-state index in [0.717, 1.165) is 60.9 Å². The Morgan fingerprint density at radius 3 is 1.35 bits per heavy atom. The van der Waals surface area contributed by atoms with E-state index in [4.69, 9.17) is 0 Å². The highest BCUT2D eigenvalue weighted by Gasteiger charge is 2.25. The Hall–Kier alpha value is -6.10. The van der Waals surface area contributed by atoms with Crippen molar-refractivity contribution in [2.75, 3.05) is 0 Å². The number of benzene rings is 6. The van der Waals surface area contributed by atoms with Crippen LogP contribution in [0, 0.1) is 29.6 Å². The van der Waals surface area contributed by atoms with Crippen molar-refractivity contribution < 1.29 is 0 Å². The topological polar surface area (TPSA) is 57.4 Å². The molecule has 0 spiro atoms. The Labute approximate surface area is 299 Å². The van der Waals surface area contributed by atoms with Crippen molar-refractivity contribution in [3.63, 3.8) is 0 Å². The summed E-state index contributed by atoms with van der Waals surface area (Å²) >= 11 is 0. The van der Waals surface area contributed by atoms with Crippen LogP contribution in [0.2, 0.25) is 0 Å². The van der Waals surface area contributed by atoms with Crippen molar-refractivity contribution in [3.05, 3.63) is 143 Å². The lowest BCUT2D eigenvalue weighted by Crippen LogP contribution is -2.10. The van der Waals surface area contributed by atoms with Gasteiger partial charge in [-0.1, -0.05) is 96.1 Å². The molecule has 0 unspecified atom stereocenters. The molecule has 2 aromatic heterocycles. The molecule has 0 aliphatic heterocycles. The van der Waals surface area contributed by atoms with E-state index in [1.54, 1.807) is 0 Å². The zero-order valence-electron chi connectivity index (χ0n) is 30.3. The Morgan fingerprint density at radius 2 is 0.902 bits per heavy atom. The van der Waals surface area contributed by atoms with Crippen molar-refractivity contribution in [3.8, 4) is 34.6 Å². The van der Waals surface area contributed by atoms with E-state index in [1.807, 2.05) is 31.2 Å². The number of aryl methyl sites for hydroxylation is 1. The third-order valence-electron chi connectivity index (χ3n) is 10.3. The highest BCUT2D eigenvalue weighted by molar-refractivity contribution is 6.12. The van der Waals surface area contributed by atoms with Gasteiger partial charge in [0.2, 0.25) is 0 Å². The number of aromatic nitrogens is 2. The quantitative estimate of drug-likeness (QED) is 0.189. The molecular formula is C47H40N4. The molecule has 2 heterocycles. The van der Waals surface area contributed by atoms with Crippen molar-refractivity contribution in [2.45, 2.75) is 59.3 Å². The lowest BCUT2D eigenvalue weighted by molar-refractivity contribution is 0.591. The second-order valence-corrected chi connectivity index (χ2v) is 15.9. The zero-order chi connectivity index (χ0) is 35.8. The van der Waals surface area contributed by atoms with E-state index in [-0.39, 0.29) is 10.8 Å². The highest BCUT2D eigenvalue weighted by atomic mass is 15.0. The normalized spacial score (nSPS) is 12.2. The third-order valence-corrected chi connectivity index (χ3v) is 10.3. The summed E-state index contributed by atoms with van der Waals surface area (Å²) in [7, 11) is 0. The van der Waals surface area contributed by atoms with Gasteiger partial charge in [-0.2, -0.15) is 10.5 Å². The van der Waals surface area contributed by atoms with Gasteiger partial charge >= 0.3 is 0 Å². The van der Waals surface area contributed by atoms with Gasteiger partial charge in [-0.05, 0) is 101 Å². The van der Waals surface area contributed by atoms with Gasteiger partial charge in [0.05, 0.1) is 56.7 Å². The van der Waals surface area contributed by atoms with E-state index < -0.39 is 0 Å². The van der Waals surface area contributed by atoms with Gasteiger partial charge < -0.3 is 9.13 Å². The van der Waals surface area contributed by atoms with Crippen LogP contribution in [0.15, 0.2) is 115 Å². The number of rotatable bonds is 3. The van der Waals surface area contributed by atoms with Crippen LogP contribution in [-0.2, 0) is 10.8 Å². The molecule has 0 saturated carbocycles. The van der Waals surface area contributed by atoms with E-state index >= 15 is 0 Å². The summed E-state index contributed by atoms with van der Waals surface area (Å²) in [5.74, 6) is 0. The molecule has 4 heteroatoms. The molecule has 8 rings (SSSR count). The van der Waals surface area contributed by atoms with Crippen molar-refractivity contribution in [1.82, 2.24) is 9.13 Å². The van der Waals surface area contributed by atoms with Crippen LogP contribution >= 0.6 is 0 Å². The fraction of sp³-hybridized carbons (Fsp3) is 0.191. The summed E-state index contributed by atoms with van der Waals surface area (Å²) in [5, 5.41) is 25.5. The van der Waals surface area contributed by atoms with Crippen molar-refractivity contribution >= 4 is 43.6 Å². The van der Waals surface area contributed by atoms with Crippen LogP contribution in [0.3, 0.4) is 0 Å². The predicted molar refractivity (Wildman–Crippen MR) is 212 cm³/mol. The molecule has 0 aliphatic carbocycles. The number of nitriles is 2. The highest BCUT2D eigenvalue weighted by Crippen LogP contribution is 2.44. The molecule has 0 bridgehead atoms. The molecule has 0 radical (unpaired) electrons. The second kappa shape index (κ2) is 11.5. The van der Waals surface area contributed by atoms with Gasteiger partial charge in [-0.15, -0.1) is 0 Å². The second-order valence-electron chi connectivity index (χ2n) is 15.9. The Kier molecular flexibility index (Phi) is 7.23. The van der Waals surface area contributed by atoms with Gasteiger partial charge in [0.15, 0.2) is 0 Å². The van der Waals surface area contributed by atoms with Gasteiger partial charge in [0.1, 0.15) is 0 Å². The Bertz CT molecular complexity index is 2640. The van der Waals surface area contributed by atoms with Crippen LogP contribution in [0.4, 0.5) is 0 Å². The first-order valence-corrected chi connectivity index (χ1v) is 17.6. The summed E-state index contributed by atoms with van der Waals surface area (Å²) in [5.41, 5.74) is 12.6. The lowest BCUT2D eigenvalue weighted by atomic mass is 9.86. The predicted octanol–water partition coefficient (Wildman–Crippen LogP) is 12.2. The lowest BCUT2D eigenvalue weighted by Gasteiger charge is -2.22. The average Bonchev–Trinajstić information content (AvgIpc) is 3.62. The van der Waals surface area contributed by atoms with Gasteiger partial charge in [-0.25, -0.2) is 0 Å². The molecule has 6 aromatic carbocycles. The Balaban J connectivity index is 1.58. The van der Waals surface area contributed by atoms with Crippen LogP contribution in [0.5, 0.6) is 0 Å². The van der Waals surface area contributed by atoms with Gasteiger partial charge in [-0.3, -0.25) is 0 Å². The summed E-state index contributed by atoms with van der Waals surface area (Å²) in [6, 6.07) is 45.6. The molecule has 0 amide bonds. The molecule has 248 valence electrons. The maximum Gasteiger partial charge on any atom is 0.0993 e. The summed E-state index contributed by atoms with van der Waals surface area (Å²) in [6.45, 7) is 15.5. The first-order valence-electron chi connectivity index (χ1n) is 17.6. The standard InChI is InChI=1S/C47H40N4/c1-29-20-30(27-48)22-32(21-29)45-43(50-39-14-10-8-12-35(39)37-25-33(46(2,3)4)16-18-41(37)50)23-31(28-49)24-44(45)51-40-15-11-9-13-36(40)38-26-34(47(5,6)7)17-19-42(38)51/h8-26H,1-7H3. The number of nitrogens with zero attached hydrogens (tertiary/aromatic N) is 4. The van der Waals surface area contributed by atoms with E-state index in [0.29, 0.717) is 11.1 Å². The summed E-state index contributed by atoms with van der Waals surface area (Å²) in [4.78, 5) is 0. The first-order chi connectivity index (χ1) is 24.4. The molecule has 0 aliphatic rings. The first kappa shape index (κ1) is 32.1. The average molecular weight is 661 g/mol. The minimum absolute atomic E-state index is 0.0188. The smallest absolute Gasteiger partial charge is 0.0993 e. The van der Waals surface area contributed by atoms with Crippen LogP contribution in [0.25, 0.3) is 66.1 Å². The van der Waals surface area contributed by atoms with Crippen LogP contribution < -0.4 is 0 Å². The number of fused-ring (bicyclic) bond motifs is 6. The molecule has 0 saturated heterocycles. The van der Waals surface area contributed by atoms with E-state index in [1.165, 1.54) is 21.9 Å². The van der Waals surface area contributed by atoms with Crippen molar-refractivity contribution in [1.29, 1.82) is 10.5 Å². The molecule has 4 nitrogen and oxygen atoms in total. The minimum Gasteiger partial charge on any atom is -0.308 e. The number of hydrogen-bond acceptors (Lipinski definition) is 2. The fourth-order valence-corrected chi connectivity index (χ4v) is 7.71. The molecular weight excluding hydrogens is 621 g/mol. The fourth-order valence-electron chi connectivity index (χ4n) is 7.71. The Morgan fingerprint density at radius 1 is 0.471 bits per heavy atom. The summed E-state index contributed by atoms with van der Waals surface area (Å²) in [6.07, 6.45) is 0. The third kappa shape index (κ3) is 5.19. The monoisotopic (exact) mass is 660 g/mol. The molecule has 0 fully saturated rings. The van der Waals surface area contributed by atoms with E-state index in [9.17, 15) is 10.5 Å². The maximum absolute atomic E-state index is 10.7. The molecule has 0 N–H and O–H groups in total.